The first kappa shape index (κ1) is 59.1. The summed E-state index contributed by atoms with van der Waals surface area (Å²) in [5, 5.41) is 0. The predicted octanol–water partition coefficient (Wildman–Crippen LogP) is 16.8. The number of unbranched alkanes of at least 4 members (excludes halogenated alkanes) is 22. The van der Waals surface area contributed by atoms with Crippen molar-refractivity contribution in [2.45, 2.75) is 219 Å². The average molecular weight is 873 g/mol. The van der Waals surface area contributed by atoms with Crippen molar-refractivity contribution in [2.75, 3.05) is 13.2 Å². The lowest BCUT2D eigenvalue weighted by Gasteiger charge is -2.18. The lowest BCUT2D eigenvalue weighted by molar-refractivity contribution is -0.167. The molecule has 0 radical (unpaired) electrons. The number of esters is 3. The molecule has 0 heterocycles. The Morgan fingerprint density at radius 1 is 0.333 bits per heavy atom. The van der Waals surface area contributed by atoms with Gasteiger partial charge >= 0.3 is 17.9 Å². The molecule has 1 atom stereocenters. The Morgan fingerprint density at radius 2 is 0.619 bits per heavy atom. The molecule has 63 heavy (non-hydrogen) atoms. The molecule has 6 heteroatoms. The topological polar surface area (TPSA) is 78.9 Å². The van der Waals surface area contributed by atoms with Gasteiger partial charge in [-0.1, -0.05) is 246 Å². The lowest BCUT2D eigenvalue weighted by atomic mass is 10.0. The fourth-order valence-electron chi connectivity index (χ4n) is 6.71. The molecule has 0 aliphatic carbocycles. The SMILES string of the molecule is CC\C=C/C=C\C=C/C=C\C=C/CCCCCC(=O)OC(COC(=O)CCCCC\C=C/C=C\C=C/C=C\CC)COC(=O)CCCCCCCCCCCCCCCCCCC. The zero-order chi connectivity index (χ0) is 45.8. The second kappa shape index (κ2) is 50.7. The highest BCUT2D eigenvalue weighted by atomic mass is 16.6. The van der Waals surface area contributed by atoms with Crippen LogP contribution < -0.4 is 0 Å². The molecule has 0 saturated heterocycles. The summed E-state index contributed by atoms with van der Waals surface area (Å²) in [6, 6.07) is 0. The second-order valence-corrected chi connectivity index (χ2v) is 16.5. The summed E-state index contributed by atoms with van der Waals surface area (Å²) < 4.78 is 16.7. The molecule has 0 N–H and O–H groups in total. The third kappa shape index (κ3) is 49.0. The molecule has 356 valence electrons. The Hall–Kier alpha value is -3.93. The quantitative estimate of drug-likeness (QED) is 0.0263. The summed E-state index contributed by atoms with van der Waals surface area (Å²) in [5.41, 5.74) is 0. The average Bonchev–Trinajstić information content (AvgIpc) is 3.28. The highest BCUT2D eigenvalue weighted by Crippen LogP contribution is 2.15. The van der Waals surface area contributed by atoms with Gasteiger partial charge in [0.05, 0.1) is 0 Å². The van der Waals surface area contributed by atoms with E-state index in [0.29, 0.717) is 19.3 Å². The molecule has 0 aromatic rings. The van der Waals surface area contributed by atoms with Crippen molar-refractivity contribution in [3.05, 3.63) is 109 Å². The molecule has 0 saturated carbocycles. The normalized spacial score (nSPS) is 13.0. The summed E-state index contributed by atoms with van der Waals surface area (Å²) in [7, 11) is 0. The van der Waals surface area contributed by atoms with Crippen molar-refractivity contribution in [3.8, 4) is 0 Å². The second-order valence-electron chi connectivity index (χ2n) is 16.5. The third-order valence-corrected chi connectivity index (χ3v) is 10.5. The van der Waals surface area contributed by atoms with Gasteiger partial charge in [0.15, 0.2) is 6.10 Å². The Labute approximate surface area is 387 Å². The van der Waals surface area contributed by atoms with Gasteiger partial charge in [0.25, 0.3) is 0 Å². The summed E-state index contributed by atoms with van der Waals surface area (Å²) in [6.45, 7) is 6.28. The highest BCUT2D eigenvalue weighted by Gasteiger charge is 2.19. The number of hydrogen-bond acceptors (Lipinski definition) is 6. The van der Waals surface area contributed by atoms with Crippen LogP contribution in [0.25, 0.3) is 0 Å². The molecule has 0 amide bonds. The van der Waals surface area contributed by atoms with E-state index in [0.717, 1.165) is 77.0 Å². The number of rotatable bonds is 44. The molecule has 0 aromatic heterocycles. The van der Waals surface area contributed by atoms with Gasteiger partial charge in [0.2, 0.25) is 0 Å². The third-order valence-electron chi connectivity index (χ3n) is 10.5. The molecule has 0 spiro atoms. The van der Waals surface area contributed by atoms with Gasteiger partial charge in [-0.2, -0.15) is 0 Å². The minimum absolute atomic E-state index is 0.109. The fraction of sp³-hybridized carbons (Fsp3) is 0.632. The van der Waals surface area contributed by atoms with Crippen LogP contribution in [0.3, 0.4) is 0 Å². The molecule has 0 bridgehead atoms. The van der Waals surface area contributed by atoms with Gasteiger partial charge in [-0.3, -0.25) is 14.4 Å². The van der Waals surface area contributed by atoms with Crippen molar-refractivity contribution < 1.29 is 28.6 Å². The van der Waals surface area contributed by atoms with Gasteiger partial charge in [-0.25, -0.2) is 0 Å². The molecular weight excluding hydrogens is 781 g/mol. The van der Waals surface area contributed by atoms with E-state index in [4.69, 9.17) is 14.2 Å². The summed E-state index contributed by atoms with van der Waals surface area (Å²) in [4.78, 5) is 37.9. The number of carbonyl (C=O) groups is 3. The maximum absolute atomic E-state index is 12.8. The Morgan fingerprint density at radius 3 is 0.968 bits per heavy atom. The molecule has 0 aliphatic rings. The first-order chi connectivity index (χ1) is 31.0. The Balaban J connectivity index is 4.50. The first-order valence-corrected chi connectivity index (χ1v) is 25.5. The lowest BCUT2D eigenvalue weighted by Crippen LogP contribution is -2.30. The minimum atomic E-state index is -0.816. The molecule has 1 unspecified atom stereocenters. The van der Waals surface area contributed by atoms with Gasteiger partial charge in [0.1, 0.15) is 13.2 Å². The van der Waals surface area contributed by atoms with Crippen LogP contribution >= 0.6 is 0 Å². The molecule has 0 aromatic carbocycles. The van der Waals surface area contributed by atoms with Crippen LogP contribution in [0.15, 0.2) is 109 Å². The van der Waals surface area contributed by atoms with Crippen LogP contribution in [-0.2, 0) is 28.6 Å². The van der Waals surface area contributed by atoms with E-state index < -0.39 is 6.10 Å². The van der Waals surface area contributed by atoms with E-state index in [9.17, 15) is 14.4 Å². The van der Waals surface area contributed by atoms with E-state index >= 15 is 0 Å². The number of carbonyl (C=O) groups excluding carboxylic acids is 3. The predicted molar refractivity (Wildman–Crippen MR) is 270 cm³/mol. The van der Waals surface area contributed by atoms with E-state index in [-0.39, 0.29) is 37.5 Å². The summed E-state index contributed by atoms with van der Waals surface area (Å²) in [6.07, 6.45) is 67.9. The van der Waals surface area contributed by atoms with Gasteiger partial charge in [-0.15, -0.1) is 0 Å². The van der Waals surface area contributed by atoms with Crippen molar-refractivity contribution in [1.29, 1.82) is 0 Å². The molecule has 0 aliphatic heterocycles. The van der Waals surface area contributed by atoms with Gasteiger partial charge < -0.3 is 14.2 Å². The van der Waals surface area contributed by atoms with Crippen LogP contribution in [0, 0.1) is 0 Å². The Bertz CT molecular complexity index is 1330. The molecular formula is C57H92O6. The van der Waals surface area contributed by atoms with Crippen molar-refractivity contribution in [2.24, 2.45) is 0 Å². The smallest absolute Gasteiger partial charge is 0.306 e. The van der Waals surface area contributed by atoms with E-state index in [1.807, 2.05) is 85.1 Å². The van der Waals surface area contributed by atoms with Gasteiger partial charge in [-0.05, 0) is 57.8 Å². The van der Waals surface area contributed by atoms with Crippen LogP contribution in [0.4, 0.5) is 0 Å². The summed E-state index contributed by atoms with van der Waals surface area (Å²) in [5.74, 6) is -0.995. The van der Waals surface area contributed by atoms with E-state index in [1.165, 1.54) is 89.9 Å². The van der Waals surface area contributed by atoms with Crippen LogP contribution in [0.5, 0.6) is 0 Å². The molecule has 0 fully saturated rings. The maximum atomic E-state index is 12.8. The van der Waals surface area contributed by atoms with Gasteiger partial charge in [0, 0.05) is 19.3 Å². The first-order valence-electron chi connectivity index (χ1n) is 25.5. The van der Waals surface area contributed by atoms with Crippen molar-refractivity contribution in [3.63, 3.8) is 0 Å². The van der Waals surface area contributed by atoms with E-state index in [2.05, 4.69) is 45.1 Å². The van der Waals surface area contributed by atoms with Crippen LogP contribution in [0.1, 0.15) is 213 Å². The van der Waals surface area contributed by atoms with Crippen molar-refractivity contribution >= 4 is 17.9 Å². The van der Waals surface area contributed by atoms with Crippen LogP contribution in [-0.4, -0.2) is 37.2 Å². The standard InChI is InChI=1S/C57H92O6/c1-4-7-10-13-16-19-22-25-27-28-30-32-35-38-41-44-47-50-56(59)62-53-54(52-61-55(58)49-46-43-40-37-34-31-24-21-18-15-12-9-6-3)63-57(60)51-48-45-42-39-36-33-29-26-23-20-17-14-11-8-5-2/h8-9,11-12,14-15,17-18,20-21,23-24,26,29,31,33-34,36,54H,4-7,10,13,16,19,22,25,27-28,30,32,35,37-53H2,1-3H3/b11-8-,12-9-,17-14-,18-15-,23-20-,24-21-,29-26-,34-31-,36-33-. The number of hydrogen-bond donors (Lipinski definition) is 0. The largest absolute Gasteiger partial charge is 0.462 e. The summed E-state index contributed by atoms with van der Waals surface area (Å²) >= 11 is 0. The number of allylic oxidation sites excluding steroid dienone is 18. The zero-order valence-corrected chi connectivity index (χ0v) is 40.5. The van der Waals surface area contributed by atoms with Crippen molar-refractivity contribution in [1.82, 2.24) is 0 Å². The number of ether oxygens (including phenoxy) is 3. The van der Waals surface area contributed by atoms with E-state index in [1.54, 1.807) is 0 Å². The highest BCUT2D eigenvalue weighted by molar-refractivity contribution is 5.71. The molecule has 0 rings (SSSR count). The minimum Gasteiger partial charge on any atom is -0.462 e. The zero-order valence-electron chi connectivity index (χ0n) is 40.5. The Kier molecular flexibility index (Phi) is 47.5. The monoisotopic (exact) mass is 873 g/mol. The fourth-order valence-corrected chi connectivity index (χ4v) is 6.71. The maximum Gasteiger partial charge on any atom is 0.306 e. The van der Waals surface area contributed by atoms with Crippen LogP contribution in [0.2, 0.25) is 0 Å². The molecule has 6 nitrogen and oxygen atoms in total.